The quantitative estimate of drug-likeness (QED) is 0.795. The van der Waals surface area contributed by atoms with E-state index in [4.69, 9.17) is 5.11 Å². The Hall–Kier alpha value is -2.61. The van der Waals surface area contributed by atoms with E-state index in [1.807, 2.05) is 28.8 Å². The fourth-order valence-corrected chi connectivity index (χ4v) is 3.31. The van der Waals surface area contributed by atoms with Crippen LogP contribution in [0.2, 0.25) is 0 Å². The lowest BCUT2D eigenvalue weighted by molar-refractivity contribution is -0.141. The summed E-state index contributed by atoms with van der Waals surface area (Å²) in [4.78, 5) is 30.3. The molecule has 1 aliphatic heterocycles. The second-order valence-electron chi connectivity index (χ2n) is 6.58. The molecule has 0 unspecified atom stereocenters. The van der Waals surface area contributed by atoms with Gasteiger partial charge in [0, 0.05) is 39.0 Å². The van der Waals surface area contributed by atoms with Crippen molar-refractivity contribution in [3.63, 3.8) is 0 Å². The molecule has 1 amide bonds. The van der Waals surface area contributed by atoms with E-state index >= 15 is 0 Å². The number of aliphatic carboxylic acids is 1. The van der Waals surface area contributed by atoms with E-state index in [9.17, 15) is 14.7 Å². The van der Waals surface area contributed by atoms with Crippen LogP contribution in [0.4, 0.5) is 5.82 Å². The number of hydrogen-bond acceptors (Lipinski definition) is 5. The molecule has 1 aliphatic rings. The Kier molecular flexibility index (Phi) is 4.63. The molecule has 0 saturated carbocycles. The largest absolute Gasteiger partial charge is 0.481 e. The summed E-state index contributed by atoms with van der Waals surface area (Å²) in [7, 11) is 1.60. The number of likely N-dealkylation sites (N-methyl/N-ethyl adjacent to an activating group) is 1. The van der Waals surface area contributed by atoms with Gasteiger partial charge >= 0.3 is 5.97 Å². The number of aromatic nitrogens is 2. The number of carboxylic acid groups (broad SMARTS) is 1. The number of aliphatic hydroxyl groups is 1. The molecule has 2 aromatic heterocycles. The highest BCUT2D eigenvalue weighted by Gasteiger charge is 2.38. The molecule has 8 nitrogen and oxygen atoms in total. The zero-order chi connectivity index (χ0) is 18.0. The Morgan fingerprint density at radius 3 is 2.92 bits per heavy atom. The number of rotatable bonds is 6. The van der Waals surface area contributed by atoms with Gasteiger partial charge in [-0.1, -0.05) is 6.07 Å². The topological polar surface area (TPSA) is 98.4 Å². The van der Waals surface area contributed by atoms with Crippen molar-refractivity contribution in [1.82, 2.24) is 14.3 Å². The number of β-amino-alcohol motifs (C(OH)–C–C–N with tert-alkyl or cyclic N) is 1. The van der Waals surface area contributed by atoms with Gasteiger partial charge in [-0.15, -0.1) is 0 Å². The summed E-state index contributed by atoms with van der Waals surface area (Å²) >= 11 is 0. The molecule has 0 spiro atoms. The number of nitrogens with zero attached hydrogens (tertiary/aromatic N) is 4. The SMILES string of the molecule is CN(C[C@@]1(O)CCN(c2cccc3nccn23)C1)C(=O)CCC(=O)O. The maximum absolute atomic E-state index is 12.0. The lowest BCUT2D eigenvalue weighted by Crippen LogP contribution is -2.46. The lowest BCUT2D eigenvalue weighted by Gasteiger charge is -2.29. The maximum atomic E-state index is 12.0. The molecule has 1 saturated heterocycles. The first-order valence-electron chi connectivity index (χ1n) is 8.23. The summed E-state index contributed by atoms with van der Waals surface area (Å²) in [6, 6.07) is 5.82. The summed E-state index contributed by atoms with van der Waals surface area (Å²) < 4.78 is 1.97. The van der Waals surface area contributed by atoms with Crippen LogP contribution in [0, 0.1) is 0 Å². The number of carbonyl (C=O) groups is 2. The van der Waals surface area contributed by atoms with Crippen molar-refractivity contribution in [2.24, 2.45) is 0 Å². The predicted octanol–water partition coefficient (Wildman–Crippen LogP) is 0.599. The zero-order valence-electron chi connectivity index (χ0n) is 14.1. The van der Waals surface area contributed by atoms with Crippen LogP contribution >= 0.6 is 0 Å². The fourth-order valence-electron chi connectivity index (χ4n) is 3.31. The molecule has 0 aromatic carbocycles. The van der Waals surface area contributed by atoms with Crippen LogP contribution < -0.4 is 4.90 Å². The molecule has 8 heteroatoms. The minimum absolute atomic E-state index is 0.0556. The second kappa shape index (κ2) is 6.72. The number of amides is 1. The van der Waals surface area contributed by atoms with Crippen molar-refractivity contribution < 1.29 is 19.8 Å². The first-order valence-corrected chi connectivity index (χ1v) is 8.23. The summed E-state index contributed by atoms with van der Waals surface area (Å²) in [5.74, 6) is -0.322. The molecule has 25 heavy (non-hydrogen) atoms. The molecule has 3 heterocycles. The number of imidazole rings is 1. The van der Waals surface area contributed by atoms with Gasteiger partial charge in [0.15, 0.2) is 0 Å². The minimum Gasteiger partial charge on any atom is -0.481 e. The van der Waals surface area contributed by atoms with Crippen molar-refractivity contribution in [3.8, 4) is 0 Å². The van der Waals surface area contributed by atoms with E-state index < -0.39 is 11.6 Å². The predicted molar refractivity (Wildman–Crippen MR) is 91.5 cm³/mol. The van der Waals surface area contributed by atoms with Gasteiger partial charge in [-0.3, -0.25) is 14.0 Å². The molecule has 3 rings (SSSR count). The van der Waals surface area contributed by atoms with Crippen LogP contribution in [0.25, 0.3) is 5.65 Å². The number of fused-ring (bicyclic) bond motifs is 1. The summed E-state index contributed by atoms with van der Waals surface area (Å²) in [6.45, 7) is 1.26. The molecule has 0 radical (unpaired) electrons. The van der Waals surface area contributed by atoms with E-state index in [1.54, 1.807) is 13.2 Å². The average Bonchev–Trinajstić information content (AvgIpc) is 3.18. The smallest absolute Gasteiger partial charge is 0.303 e. The van der Waals surface area contributed by atoms with Gasteiger partial charge in [0.2, 0.25) is 5.91 Å². The van der Waals surface area contributed by atoms with Gasteiger partial charge in [0.25, 0.3) is 0 Å². The molecular weight excluding hydrogens is 324 g/mol. The highest BCUT2D eigenvalue weighted by molar-refractivity contribution is 5.80. The van der Waals surface area contributed by atoms with Crippen molar-refractivity contribution >= 4 is 23.3 Å². The van der Waals surface area contributed by atoms with Gasteiger partial charge in [0.1, 0.15) is 17.1 Å². The number of hydrogen-bond donors (Lipinski definition) is 2. The van der Waals surface area contributed by atoms with Crippen molar-refractivity contribution in [2.45, 2.75) is 24.9 Å². The van der Waals surface area contributed by atoms with Gasteiger partial charge in [0.05, 0.1) is 13.0 Å². The number of carbonyl (C=O) groups excluding carboxylic acids is 1. The van der Waals surface area contributed by atoms with Crippen LogP contribution in [-0.2, 0) is 9.59 Å². The van der Waals surface area contributed by atoms with Gasteiger partial charge < -0.3 is 20.0 Å². The second-order valence-corrected chi connectivity index (χ2v) is 6.58. The first-order chi connectivity index (χ1) is 11.9. The molecule has 0 aliphatic carbocycles. The van der Waals surface area contributed by atoms with Crippen LogP contribution in [0.15, 0.2) is 30.6 Å². The molecule has 134 valence electrons. The lowest BCUT2D eigenvalue weighted by atomic mass is 10.0. The molecule has 1 atom stereocenters. The van der Waals surface area contributed by atoms with Crippen LogP contribution in [-0.4, -0.2) is 68.7 Å². The Morgan fingerprint density at radius 2 is 2.16 bits per heavy atom. The van der Waals surface area contributed by atoms with E-state index in [0.717, 1.165) is 11.5 Å². The molecule has 1 fully saturated rings. The molecule has 2 aromatic rings. The van der Waals surface area contributed by atoms with Crippen molar-refractivity contribution in [3.05, 3.63) is 30.6 Å². The highest BCUT2D eigenvalue weighted by atomic mass is 16.4. The van der Waals surface area contributed by atoms with Crippen LogP contribution in [0.3, 0.4) is 0 Å². The van der Waals surface area contributed by atoms with Crippen LogP contribution in [0.1, 0.15) is 19.3 Å². The fraction of sp³-hybridized carbons (Fsp3) is 0.471. The number of anilines is 1. The van der Waals surface area contributed by atoms with Crippen molar-refractivity contribution in [2.75, 3.05) is 31.6 Å². The summed E-state index contributed by atoms with van der Waals surface area (Å²) in [5.41, 5.74) is -0.176. The van der Waals surface area contributed by atoms with Crippen molar-refractivity contribution in [1.29, 1.82) is 0 Å². The van der Waals surface area contributed by atoms with Gasteiger partial charge in [-0.05, 0) is 18.6 Å². The number of carboxylic acids is 1. The maximum Gasteiger partial charge on any atom is 0.303 e. The summed E-state index contributed by atoms with van der Waals surface area (Å²) in [5, 5.41) is 19.5. The third-order valence-electron chi connectivity index (χ3n) is 4.57. The van der Waals surface area contributed by atoms with Gasteiger partial charge in [-0.2, -0.15) is 0 Å². The first kappa shape index (κ1) is 17.2. The molecule has 2 N–H and O–H groups in total. The third kappa shape index (κ3) is 3.74. The molecule has 0 bridgehead atoms. The molecular formula is C17H22N4O4. The Bertz CT molecular complexity index is 790. The standard InChI is InChI=1S/C17H22N4O4/c1-19(15(22)5-6-16(23)24)11-17(25)7-9-20(12-17)14-4-2-3-13-18-8-10-21(13)14/h2-4,8,10,25H,5-7,9,11-12H2,1H3,(H,23,24)/t17-/m0/s1. The minimum atomic E-state index is -1.02. The summed E-state index contributed by atoms with van der Waals surface area (Å²) in [6.07, 6.45) is 3.89. The van der Waals surface area contributed by atoms with E-state index in [2.05, 4.69) is 9.88 Å². The Labute approximate surface area is 145 Å². The van der Waals surface area contributed by atoms with Crippen LogP contribution in [0.5, 0.6) is 0 Å². The van der Waals surface area contributed by atoms with E-state index in [1.165, 1.54) is 4.90 Å². The Morgan fingerprint density at radius 1 is 1.36 bits per heavy atom. The normalized spacial score (nSPS) is 20.2. The Balaban J connectivity index is 1.65. The number of pyridine rings is 1. The highest BCUT2D eigenvalue weighted by Crippen LogP contribution is 2.28. The van der Waals surface area contributed by atoms with Gasteiger partial charge in [-0.25, -0.2) is 4.98 Å². The zero-order valence-corrected chi connectivity index (χ0v) is 14.1. The monoisotopic (exact) mass is 346 g/mol. The average molecular weight is 346 g/mol. The van der Waals surface area contributed by atoms with E-state index in [-0.39, 0.29) is 25.3 Å². The third-order valence-corrected chi connectivity index (χ3v) is 4.57. The van der Waals surface area contributed by atoms with E-state index in [0.29, 0.717) is 19.5 Å².